The molecular formula is C26H30N2O5S. The molecule has 0 radical (unpaired) electrons. The normalized spacial score (nSPS) is 12.0. The van der Waals surface area contributed by atoms with Gasteiger partial charge in [-0.25, -0.2) is 8.42 Å². The Morgan fingerprint density at radius 1 is 0.853 bits per heavy atom. The van der Waals surface area contributed by atoms with Gasteiger partial charge in [-0.2, -0.15) is 0 Å². The molecule has 180 valence electrons. The monoisotopic (exact) mass is 482 g/mol. The largest absolute Gasteiger partial charge is 0.494 e. The fraction of sp³-hybridized carbons (Fsp3) is 0.269. The van der Waals surface area contributed by atoms with Crippen molar-refractivity contribution >= 4 is 27.3 Å². The standard InChI is InChI=1S/C26H30N2O5S/c1-5-25(33-23-12-7-18(3)19(4)17-23)26(29)27-20-10-15-24(16-11-20)34(30,31)28-21-8-13-22(14-9-21)32-6-2/h7-17,25,28H,5-6H2,1-4H3,(H,27,29)/t25-/m0/s1. The van der Waals surface area contributed by atoms with Gasteiger partial charge in [-0.3, -0.25) is 9.52 Å². The highest BCUT2D eigenvalue weighted by molar-refractivity contribution is 7.92. The number of benzene rings is 3. The number of hydrogen-bond acceptors (Lipinski definition) is 5. The Bertz CT molecular complexity index is 1220. The highest BCUT2D eigenvalue weighted by atomic mass is 32.2. The van der Waals surface area contributed by atoms with E-state index < -0.39 is 16.1 Å². The molecule has 1 amide bonds. The van der Waals surface area contributed by atoms with Crippen LogP contribution in [0.5, 0.6) is 11.5 Å². The van der Waals surface area contributed by atoms with Gasteiger partial charge in [0.2, 0.25) is 0 Å². The summed E-state index contributed by atoms with van der Waals surface area (Å²) >= 11 is 0. The summed E-state index contributed by atoms with van der Waals surface area (Å²) in [6, 6.07) is 18.4. The van der Waals surface area contributed by atoms with E-state index in [1.807, 2.05) is 45.9 Å². The van der Waals surface area contributed by atoms with E-state index in [1.165, 1.54) is 12.1 Å². The third kappa shape index (κ3) is 6.51. The molecule has 3 rings (SSSR count). The molecule has 0 aromatic heterocycles. The van der Waals surface area contributed by atoms with Gasteiger partial charge in [0, 0.05) is 11.4 Å². The molecule has 0 aliphatic rings. The maximum absolute atomic E-state index is 12.7. The minimum atomic E-state index is -3.78. The minimum absolute atomic E-state index is 0.0813. The van der Waals surface area contributed by atoms with Crippen LogP contribution in [0.15, 0.2) is 71.6 Å². The zero-order valence-corrected chi connectivity index (χ0v) is 20.6. The third-order valence-electron chi connectivity index (χ3n) is 5.27. The van der Waals surface area contributed by atoms with Crippen molar-refractivity contribution in [1.82, 2.24) is 0 Å². The lowest BCUT2D eigenvalue weighted by molar-refractivity contribution is -0.122. The van der Waals surface area contributed by atoms with Crippen LogP contribution in [-0.4, -0.2) is 27.0 Å². The van der Waals surface area contributed by atoms with Crippen molar-refractivity contribution in [2.75, 3.05) is 16.6 Å². The van der Waals surface area contributed by atoms with Crippen LogP contribution in [0.3, 0.4) is 0 Å². The number of carbonyl (C=O) groups is 1. The Kier molecular flexibility index (Phi) is 8.17. The number of rotatable bonds is 10. The smallest absolute Gasteiger partial charge is 0.265 e. The van der Waals surface area contributed by atoms with Crippen LogP contribution in [0.1, 0.15) is 31.4 Å². The summed E-state index contributed by atoms with van der Waals surface area (Å²) in [7, 11) is -3.78. The predicted molar refractivity (Wildman–Crippen MR) is 134 cm³/mol. The number of amides is 1. The Morgan fingerprint density at radius 2 is 1.47 bits per heavy atom. The van der Waals surface area contributed by atoms with Gasteiger partial charge in [-0.15, -0.1) is 0 Å². The lowest BCUT2D eigenvalue weighted by atomic mass is 10.1. The number of aryl methyl sites for hydroxylation is 2. The zero-order chi connectivity index (χ0) is 24.7. The summed E-state index contributed by atoms with van der Waals surface area (Å²) in [6.45, 7) is 8.28. The number of sulfonamides is 1. The van der Waals surface area contributed by atoms with Crippen molar-refractivity contribution in [2.45, 2.75) is 45.1 Å². The molecule has 3 aromatic rings. The summed E-state index contributed by atoms with van der Waals surface area (Å²) in [5.41, 5.74) is 3.14. The van der Waals surface area contributed by atoms with Gasteiger partial charge in [0.25, 0.3) is 15.9 Å². The van der Waals surface area contributed by atoms with Gasteiger partial charge >= 0.3 is 0 Å². The van der Waals surface area contributed by atoms with E-state index in [0.29, 0.717) is 35.9 Å². The van der Waals surface area contributed by atoms with E-state index in [4.69, 9.17) is 9.47 Å². The quantitative estimate of drug-likeness (QED) is 0.409. The highest BCUT2D eigenvalue weighted by Crippen LogP contribution is 2.22. The highest BCUT2D eigenvalue weighted by Gasteiger charge is 2.20. The molecule has 0 bridgehead atoms. The summed E-state index contributed by atoms with van der Waals surface area (Å²) in [4.78, 5) is 12.8. The van der Waals surface area contributed by atoms with E-state index in [9.17, 15) is 13.2 Å². The Labute approximate surface area is 201 Å². The average molecular weight is 483 g/mol. The molecule has 1 atom stereocenters. The number of carbonyl (C=O) groups excluding carboxylic acids is 1. The van der Waals surface area contributed by atoms with Crippen LogP contribution >= 0.6 is 0 Å². The van der Waals surface area contributed by atoms with Gasteiger partial charge in [0.1, 0.15) is 11.5 Å². The zero-order valence-electron chi connectivity index (χ0n) is 19.8. The summed E-state index contributed by atoms with van der Waals surface area (Å²) < 4.78 is 39.2. The molecular weight excluding hydrogens is 452 g/mol. The summed E-state index contributed by atoms with van der Waals surface area (Å²) in [5, 5.41) is 2.79. The van der Waals surface area contributed by atoms with Crippen molar-refractivity contribution in [1.29, 1.82) is 0 Å². The first-order valence-corrected chi connectivity index (χ1v) is 12.6. The molecule has 0 fully saturated rings. The second-order valence-corrected chi connectivity index (χ2v) is 9.52. The second-order valence-electron chi connectivity index (χ2n) is 7.84. The topological polar surface area (TPSA) is 93.7 Å². The summed E-state index contributed by atoms with van der Waals surface area (Å²) in [6.07, 6.45) is -0.191. The van der Waals surface area contributed by atoms with E-state index >= 15 is 0 Å². The fourth-order valence-electron chi connectivity index (χ4n) is 3.21. The molecule has 0 aliphatic heterocycles. The van der Waals surface area contributed by atoms with Crippen LogP contribution in [0.2, 0.25) is 0 Å². The van der Waals surface area contributed by atoms with E-state index in [2.05, 4.69) is 10.0 Å². The molecule has 0 saturated heterocycles. The predicted octanol–water partition coefficient (Wildman–Crippen LogP) is 5.30. The van der Waals surface area contributed by atoms with Crippen molar-refractivity contribution in [3.8, 4) is 11.5 Å². The molecule has 2 N–H and O–H groups in total. The van der Waals surface area contributed by atoms with Crippen LogP contribution < -0.4 is 19.5 Å². The van der Waals surface area contributed by atoms with E-state index in [0.717, 1.165) is 11.1 Å². The second kappa shape index (κ2) is 11.1. The fourth-order valence-corrected chi connectivity index (χ4v) is 4.27. The molecule has 0 heterocycles. The third-order valence-corrected chi connectivity index (χ3v) is 6.67. The molecule has 3 aromatic carbocycles. The van der Waals surface area contributed by atoms with Crippen LogP contribution in [0.4, 0.5) is 11.4 Å². The molecule has 0 aliphatic carbocycles. The maximum atomic E-state index is 12.7. The Hall–Kier alpha value is -3.52. The molecule has 0 spiro atoms. The van der Waals surface area contributed by atoms with Gasteiger partial charge < -0.3 is 14.8 Å². The van der Waals surface area contributed by atoms with Crippen molar-refractivity contribution in [3.63, 3.8) is 0 Å². The van der Waals surface area contributed by atoms with Gasteiger partial charge in [-0.1, -0.05) is 13.0 Å². The molecule has 0 unspecified atom stereocenters. The van der Waals surface area contributed by atoms with Crippen molar-refractivity contribution < 1.29 is 22.7 Å². The SMILES string of the molecule is CCOc1ccc(NS(=O)(=O)c2ccc(NC(=O)[C@H](CC)Oc3ccc(C)c(C)c3)cc2)cc1. The lowest BCUT2D eigenvalue weighted by Crippen LogP contribution is -2.32. The molecule has 34 heavy (non-hydrogen) atoms. The lowest BCUT2D eigenvalue weighted by Gasteiger charge is -2.18. The first-order chi connectivity index (χ1) is 16.2. The van der Waals surface area contributed by atoms with Gasteiger partial charge in [0.15, 0.2) is 6.10 Å². The Morgan fingerprint density at radius 3 is 2.06 bits per heavy atom. The minimum Gasteiger partial charge on any atom is -0.494 e. The van der Waals surface area contributed by atoms with E-state index in [1.54, 1.807) is 36.4 Å². The Balaban J connectivity index is 1.64. The maximum Gasteiger partial charge on any atom is 0.265 e. The van der Waals surface area contributed by atoms with Crippen molar-refractivity contribution in [2.24, 2.45) is 0 Å². The number of ether oxygens (including phenoxy) is 2. The van der Waals surface area contributed by atoms with E-state index in [-0.39, 0.29) is 10.8 Å². The average Bonchev–Trinajstić information content (AvgIpc) is 2.81. The molecule has 7 nitrogen and oxygen atoms in total. The van der Waals surface area contributed by atoms with Gasteiger partial charge in [0.05, 0.1) is 11.5 Å². The first kappa shape index (κ1) is 25.1. The van der Waals surface area contributed by atoms with Crippen LogP contribution in [0, 0.1) is 13.8 Å². The molecule has 8 heteroatoms. The summed E-state index contributed by atoms with van der Waals surface area (Å²) in [5.74, 6) is 0.994. The van der Waals surface area contributed by atoms with Crippen molar-refractivity contribution in [3.05, 3.63) is 77.9 Å². The van der Waals surface area contributed by atoms with Gasteiger partial charge in [-0.05, 0) is 99.0 Å². The first-order valence-electron chi connectivity index (χ1n) is 11.1. The number of anilines is 2. The van der Waals surface area contributed by atoms with Crippen LogP contribution in [-0.2, 0) is 14.8 Å². The number of hydrogen-bond donors (Lipinski definition) is 2. The van der Waals surface area contributed by atoms with Crippen LogP contribution in [0.25, 0.3) is 0 Å². The number of nitrogens with one attached hydrogen (secondary N) is 2. The molecule has 0 saturated carbocycles.